The van der Waals surface area contributed by atoms with Gasteiger partial charge in [0, 0.05) is 26.7 Å². The summed E-state index contributed by atoms with van der Waals surface area (Å²) in [6.45, 7) is 2.54. The molecule has 5 heteroatoms. The highest BCUT2D eigenvalue weighted by Crippen LogP contribution is 2.25. The highest BCUT2D eigenvalue weighted by molar-refractivity contribution is 5.95. The summed E-state index contributed by atoms with van der Waals surface area (Å²) in [6.07, 6.45) is 0. The summed E-state index contributed by atoms with van der Waals surface area (Å²) in [5, 5.41) is 0. The van der Waals surface area contributed by atoms with Crippen molar-refractivity contribution in [1.82, 2.24) is 4.90 Å². The number of amides is 1. The predicted molar refractivity (Wildman–Crippen MR) is 84.4 cm³/mol. The van der Waals surface area contributed by atoms with Gasteiger partial charge in [0.1, 0.15) is 11.5 Å². The van der Waals surface area contributed by atoms with Crippen molar-refractivity contribution in [1.29, 1.82) is 0 Å². The quantitative estimate of drug-likeness (QED) is 0.878. The van der Waals surface area contributed by atoms with Crippen LogP contribution in [0.5, 0.6) is 0 Å². The number of hydrogen-bond acceptors (Lipinski definition) is 4. The maximum atomic E-state index is 11.9. The number of rotatable bonds is 4. The molecule has 1 aromatic heterocycles. The zero-order valence-corrected chi connectivity index (χ0v) is 12.9. The van der Waals surface area contributed by atoms with Crippen molar-refractivity contribution in [3.05, 3.63) is 47.4 Å². The van der Waals surface area contributed by atoms with E-state index in [9.17, 15) is 4.79 Å². The fourth-order valence-electron chi connectivity index (χ4n) is 2.18. The highest BCUT2D eigenvalue weighted by atomic mass is 16.3. The molecule has 1 aromatic carbocycles. The van der Waals surface area contributed by atoms with Crippen molar-refractivity contribution >= 4 is 17.3 Å². The van der Waals surface area contributed by atoms with Gasteiger partial charge in [0.25, 0.3) is 5.91 Å². The molecule has 21 heavy (non-hydrogen) atoms. The van der Waals surface area contributed by atoms with Crippen LogP contribution < -0.4 is 10.6 Å². The molecular formula is C16H21N3O2. The molecule has 0 fully saturated rings. The number of hydrogen-bond donors (Lipinski definition) is 1. The van der Waals surface area contributed by atoms with E-state index >= 15 is 0 Å². The summed E-state index contributed by atoms with van der Waals surface area (Å²) in [5.41, 5.74) is 8.11. The molecule has 0 bridgehead atoms. The summed E-state index contributed by atoms with van der Waals surface area (Å²) in [6, 6.07) is 9.25. The molecule has 0 aliphatic carbocycles. The lowest BCUT2D eigenvalue weighted by Crippen LogP contribution is -2.22. The molecule has 0 aliphatic heterocycles. The van der Waals surface area contributed by atoms with Crippen LogP contribution in [0, 0.1) is 6.92 Å². The second-order valence-corrected chi connectivity index (χ2v) is 5.34. The summed E-state index contributed by atoms with van der Waals surface area (Å²) < 4.78 is 5.57. The first-order valence-corrected chi connectivity index (χ1v) is 6.76. The minimum atomic E-state index is -0.0578. The first kappa shape index (κ1) is 15.0. The van der Waals surface area contributed by atoms with Gasteiger partial charge < -0.3 is 20.0 Å². The number of benzene rings is 1. The van der Waals surface area contributed by atoms with Crippen molar-refractivity contribution in [3.63, 3.8) is 0 Å². The second kappa shape index (κ2) is 5.91. The third kappa shape index (κ3) is 3.37. The lowest BCUT2D eigenvalue weighted by Gasteiger charge is -2.21. The first-order valence-electron chi connectivity index (χ1n) is 6.76. The highest BCUT2D eigenvalue weighted by Gasteiger charge is 2.13. The Balaban J connectivity index is 2.18. The van der Waals surface area contributed by atoms with E-state index in [0.717, 1.165) is 17.2 Å². The summed E-state index contributed by atoms with van der Waals surface area (Å²) in [5.74, 6) is 1.71. The van der Waals surface area contributed by atoms with Crippen LogP contribution in [0.15, 0.2) is 34.7 Å². The fraction of sp³-hybridized carbons (Fsp3) is 0.312. The molecule has 0 spiro atoms. The van der Waals surface area contributed by atoms with Gasteiger partial charge in [-0.25, -0.2) is 0 Å². The van der Waals surface area contributed by atoms with Crippen molar-refractivity contribution in [3.8, 4) is 0 Å². The standard InChI is InChI=1S/C16H21N3O2/c1-11-5-7-13(21-11)10-19(4)15-8-6-12(9-14(15)17)16(20)18(2)3/h5-9H,10,17H2,1-4H3. The molecule has 0 atom stereocenters. The minimum absolute atomic E-state index is 0.0578. The third-order valence-electron chi connectivity index (χ3n) is 3.28. The van der Waals surface area contributed by atoms with Gasteiger partial charge in [-0.3, -0.25) is 4.79 Å². The summed E-state index contributed by atoms with van der Waals surface area (Å²) >= 11 is 0. The van der Waals surface area contributed by atoms with E-state index in [4.69, 9.17) is 10.2 Å². The molecule has 0 radical (unpaired) electrons. The van der Waals surface area contributed by atoms with Gasteiger partial charge in [-0.2, -0.15) is 0 Å². The Bertz CT molecular complexity index is 647. The number of carbonyl (C=O) groups excluding carboxylic acids is 1. The third-order valence-corrected chi connectivity index (χ3v) is 3.28. The Morgan fingerprint density at radius 3 is 2.43 bits per heavy atom. The van der Waals surface area contributed by atoms with Crippen LogP contribution in [-0.2, 0) is 6.54 Å². The van der Waals surface area contributed by atoms with E-state index in [1.807, 2.05) is 37.1 Å². The maximum Gasteiger partial charge on any atom is 0.253 e. The Morgan fingerprint density at radius 1 is 1.19 bits per heavy atom. The van der Waals surface area contributed by atoms with Gasteiger partial charge in [0.15, 0.2) is 0 Å². The van der Waals surface area contributed by atoms with Crippen LogP contribution in [0.2, 0.25) is 0 Å². The van der Waals surface area contributed by atoms with Crippen LogP contribution in [0.3, 0.4) is 0 Å². The molecular weight excluding hydrogens is 266 g/mol. The first-order chi connectivity index (χ1) is 9.88. The fourth-order valence-corrected chi connectivity index (χ4v) is 2.18. The zero-order chi connectivity index (χ0) is 15.6. The topological polar surface area (TPSA) is 62.7 Å². The minimum Gasteiger partial charge on any atom is -0.464 e. The number of furan rings is 1. The molecule has 112 valence electrons. The van der Waals surface area contributed by atoms with Crippen LogP contribution in [-0.4, -0.2) is 32.0 Å². The molecule has 5 nitrogen and oxygen atoms in total. The van der Waals surface area contributed by atoms with Crippen molar-refractivity contribution in [2.24, 2.45) is 0 Å². The van der Waals surface area contributed by atoms with Gasteiger partial charge in [0.2, 0.25) is 0 Å². The lowest BCUT2D eigenvalue weighted by atomic mass is 10.1. The van der Waals surface area contributed by atoms with E-state index < -0.39 is 0 Å². The van der Waals surface area contributed by atoms with Crippen molar-refractivity contribution in [2.45, 2.75) is 13.5 Å². The van der Waals surface area contributed by atoms with E-state index in [0.29, 0.717) is 17.8 Å². The van der Waals surface area contributed by atoms with Gasteiger partial charge in [-0.1, -0.05) is 0 Å². The summed E-state index contributed by atoms with van der Waals surface area (Å²) in [7, 11) is 5.38. The number of nitrogens with two attached hydrogens (primary N) is 1. The molecule has 2 aromatic rings. The normalized spacial score (nSPS) is 10.5. The summed E-state index contributed by atoms with van der Waals surface area (Å²) in [4.78, 5) is 15.4. The molecule has 0 saturated heterocycles. The van der Waals surface area contributed by atoms with Crippen LogP contribution >= 0.6 is 0 Å². The van der Waals surface area contributed by atoms with E-state index in [-0.39, 0.29) is 5.91 Å². The van der Waals surface area contributed by atoms with E-state index in [2.05, 4.69) is 0 Å². The van der Waals surface area contributed by atoms with Crippen LogP contribution in [0.25, 0.3) is 0 Å². The average Bonchev–Trinajstić information content (AvgIpc) is 2.82. The molecule has 2 N–H and O–H groups in total. The Hall–Kier alpha value is -2.43. The second-order valence-electron chi connectivity index (χ2n) is 5.34. The number of anilines is 2. The maximum absolute atomic E-state index is 11.9. The molecule has 0 saturated carbocycles. The van der Waals surface area contributed by atoms with Gasteiger partial charge in [0.05, 0.1) is 17.9 Å². The molecule has 0 aliphatic rings. The Kier molecular flexibility index (Phi) is 4.21. The van der Waals surface area contributed by atoms with E-state index in [1.54, 1.807) is 26.2 Å². The van der Waals surface area contributed by atoms with E-state index in [1.165, 1.54) is 4.90 Å². The van der Waals surface area contributed by atoms with Crippen LogP contribution in [0.4, 0.5) is 11.4 Å². The monoisotopic (exact) mass is 287 g/mol. The number of nitrogen functional groups attached to an aromatic ring is 1. The largest absolute Gasteiger partial charge is 0.464 e. The molecule has 1 amide bonds. The predicted octanol–water partition coefficient (Wildman–Crippen LogP) is 2.51. The zero-order valence-electron chi connectivity index (χ0n) is 12.9. The van der Waals surface area contributed by atoms with Gasteiger partial charge >= 0.3 is 0 Å². The van der Waals surface area contributed by atoms with Crippen molar-refractivity contribution < 1.29 is 9.21 Å². The van der Waals surface area contributed by atoms with Crippen molar-refractivity contribution in [2.75, 3.05) is 31.8 Å². The number of carbonyl (C=O) groups is 1. The lowest BCUT2D eigenvalue weighted by molar-refractivity contribution is 0.0827. The molecule has 2 rings (SSSR count). The number of aryl methyl sites for hydroxylation is 1. The van der Waals surface area contributed by atoms with Crippen LogP contribution in [0.1, 0.15) is 21.9 Å². The Morgan fingerprint density at radius 2 is 1.90 bits per heavy atom. The number of nitrogens with zero attached hydrogens (tertiary/aromatic N) is 2. The van der Waals surface area contributed by atoms with Gasteiger partial charge in [-0.15, -0.1) is 0 Å². The van der Waals surface area contributed by atoms with Gasteiger partial charge in [-0.05, 0) is 37.3 Å². The SMILES string of the molecule is Cc1ccc(CN(C)c2ccc(C(=O)N(C)C)cc2N)o1. The smallest absolute Gasteiger partial charge is 0.253 e. The Labute approximate surface area is 124 Å². The molecule has 1 heterocycles. The molecule has 0 unspecified atom stereocenters. The average molecular weight is 287 g/mol.